The molecule has 0 fully saturated rings. The Morgan fingerprint density at radius 2 is 1.67 bits per heavy atom. The van der Waals surface area contributed by atoms with Crippen molar-refractivity contribution in [3.8, 4) is 5.75 Å². The number of methoxy groups -OCH3 is 1. The minimum absolute atomic E-state index is 0.00636. The molecule has 1 rings (SSSR count). The normalized spacial score (nSPS) is 13.5. The van der Waals surface area contributed by atoms with Gasteiger partial charge in [0.2, 0.25) is 5.91 Å². The van der Waals surface area contributed by atoms with Crippen LogP contribution >= 0.6 is 0 Å². The van der Waals surface area contributed by atoms with Crippen molar-refractivity contribution in [1.29, 1.82) is 0 Å². The number of carbonyl (C=O) groups excluding carboxylic acids is 2. The first-order valence-electron chi connectivity index (χ1n) is 8.11. The molecule has 0 unspecified atom stereocenters. The van der Waals surface area contributed by atoms with E-state index in [1.807, 2.05) is 39.8 Å². The number of ether oxygens (including phenoxy) is 2. The standard InChI is InChI=1S/C18H28N2O4/c1-11(2)15(19)17(21)20-16(12(3)4)18(22)24-10-13-6-8-14(23-5)9-7-13/h6-9,11-12,15-16H,10,19H2,1-5H3,(H,20,21)/t15-,16-/m0/s1. The van der Waals surface area contributed by atoms with Crippen molar-refractivity contribution >= 4 is 11.9 Å². The lowest BCUT2D eigenvalue weighted by Gasteiger charge is -2.24. The maximum absolute atomic E-state index is 12.3. The third kappa shape index (κ3) is 5.85. The smallest absolute Gasteiger partial charge is 0.329 e. The minimum atomic E-state index is -0.722. The average molecular weight is 336 g/mol. The molecule has 0 spiro atoms. The number of esters is 1. The summed E-state index contributed by atoms with van der Waals surface area (Å²) in [7, 11) is 1.59. The predicted octanol–water partition coefficient (Wildman–Crippen LogP) is 1.86. The highest BCUT2D eigenvalue weighted by atomic mass is 16.5. The Morgan fingerprint density at radius 1 is 1.08 bits per heavy atom. The quantitative estimate of drug-likeness (QED) is 0.707. The van der Waals surface area contributed by atoms with Gasteiger partial charge in [0, 0.05) is 0 Å². The molecule has 6 heteroatoms. The average Bonchev–Trinajstić information content (AvgIpc) is 2.56. The van der Waals surface area contributed by atoms with Gasteiger partial charge in [-0.05, 0) is 29.5 Å². The summed E-state index contributed by atoms with van der Waals surface area (Å²) in [5.74, 6) is -0.180. The molecular formula is C18H28N2O4. The number of nitrogens with one attached hydrogen (secondary N) is 1. The van der Waals surface area contributed by atoms with Gasteiger partial charge in [-0.2, -0.15) is 0 Å². The van der Waals surface area contributed by atoms with Crippen LogP contribution in [0.25, 0.3) is 0 Å². The third-order valence-corrected chi connectivity index (χ3v) is 3.78. The van der Waals surface area contributed by atoms with E-state index in [1.165, 1.54) is 0 Å². The number of carbonyl (C=O) groups is 2. The number of nitrogens with two attached hydrogens (primary N) is 1. The van der Waals surface area contributed by atoms with Crippen LogP contribution in [-0.2, 0) is 20.9 Å². The molecule has 0 radical (unpaired) electrons. The van der Waals surface area contributed by atoms with Crippen LogP contribution in [0.15, 0.2) is 24.3 Å². The van der Waals surface area contributed by atoms with Crippen LogP contribution in [0.2, 0.25) is 0 Å². The Balaban J connectivity index is 2.64. The fourth-order valence-electron chi connectivity index (χ4n) is 2.02. The van der Waals surface area contributed by atoms with Crippen molar-refractivity contribution in [1.82, 2.24) is 5.32 Å². The molecule has 0 aliphatic heterocycles. The maximum Gasteiger partial charge on any atom is 0.329 e. The summed E-state index contributed by atoms with van der Waals surface area (Å²) in [6.07, 6.45) is 0. The van der Waals surface area contributed by atoms with Gasteiger partial charge in [0.25, 0.3) is 0 Å². The lowest BCUT2D eigenvalue weighted by atomic mass is 10.0. The molecule has 3 N–H and O–H groups in total. The summed E-state index contributed by atoms with van der Waals surface area (Å²) in [6.45, 7) is 7.55. The number of amides is 1. The first kappa shape index (κ1) is 20.0. The first-order valence-corrected chi connectivity index (χ1v) is 8.11. The molecule has 0 bridgehead atoms. The monoisotopic (exact) mass is 336 g/mol. The number of hydrogen-bond donors (Lipinski definition) is 2. The minimum Gasteiger partial charge on any atom is -0.497 e. The number of benzene rings is 1. The summed E-state index contributed by atoms with van der Waals surface area (Å²) in [5, 5.41) is 2.69. The first-order chi connectivity index (χ1) is 11.3. The fourth-order valence-corrected chi connectivity index (χ4v) is 2.02. The molecule has 0 aliphatic rings. The van der Waals surface area contributed by atoms with E-state index in [2.05, 4.69) is 5.32 Å². The molecule has 6 nitrogen and oxygen atoms in total. The van der Waals surface area contributed by atoms with Crippen molar-refractivity contribution in [2.75, 3.05) is 7.11 Å². The van der Waals surface area contributed by atoms with E-state index in [0.717, 1.165) is 11.3 Å². The van der Waals surface area contributed by atoms with E-state index in [4.69, 9.17) is 15.2 Å². The zero-order valence-corrected chi connectivity index (χ0v) is 15.0. The molecule has 2 atom stereocenters. The van der Waals surface area contributed by atoms with E-state index >= 15 is 0 Å². The van der Waals surface area contributed by atoms with Gasteiger partial charge in [0.1, 0.15) is 18.4 Å². The van der Waals surface area contributed by atoms with Crippen LogP contribution < -0.4 is 15.8 Å². The Kier molecular flexibility index (Phi) is 7.71. The van der Waals surface area contributed by atoms with Gasteiger partial charge in [-0.15, -0.1) is 0 Å². The molecule has 134 valence electrons. The maximum atomic E-state index is 12.3. The Hall–Kier alpha value is -2.08. The van der Waals surface area contributed by atoms with Crippen molar-refractivity contribution in [3.05, 3.63) is 29.8 Å². The second-order valence-electron chi connectivity index (χ2n) is 6.46. The van der Waals surface area contributed by atoms with Gasteiger partial charge < -0.3 is 20.5 Å². The van der Waals surface area contributed by atoms with Gasteiger partial charge in [-0.25, -0.2) is 4.79 Å². The summed E-state index contributed by atoms with van der Waals surface area (Å²) in [4.78, 5) is 24.4. The van der Waals surface area contributed by atoms with Crippen LogP contribution in [0, 0.1) is 11.8 Å². The van der Waals surface area contributed by atoms with Gasteiger partial charge >= 0.3 is 5.97 Å². The third-order valence-electron chi connectivity index (χ3n) is 3.78. The van der Waals surface area contributed by atoms with Gasteiger partial charge in [-0.1, -0.05) is 39.8 Å². The zero-order valence-electron chi connectivity index (χ0n) is 15.0. The molecule has 24 heavy (non-hydrogen) atoms. The van der Waals surface area contributed by atoms with Crippen molar-refractivity contribution in [2.45, 2.75) is 46.4 Å². The Bertz CT molecular complexity index is 540. The summed E-state index contributed by atoms with van der Waals surface area (Å²) in [6, 6.07) is 5.87. The largest absolute Gasteiger partial charge is 0.497 e. The lowest BCUT2D eigenvalue weighted by Crippen LogP contribution is -2.52. The van der Waals surface area contributed by atoms with Crippen molar-refractivity contribution < 1.29 is 19.1 Å². The van der Waals surface area contributed by atoms with Crippen LogP contribution in [0.4, 0.5) is 0 Å². The highest BCUT2D eigenvalue weighted by Gasteiger charge is 2.28. The molecule has 0 aliphatic carbocycles. The lowest BCUT2D eigenvalue weighted by molar-refractivity contribution is -0.150. The zero-order chi connectivity index (χ0) is 18.3. The second kappa shape index (κ2) is 9.27. The molecule has 0 aromatic heterocycles. The van der Waals surface area contributed by atoms with Gasteiger partial charge in [0.15, 0.2) is 0 Å². The van der Waals surface area contributed by atoms with E-state index in [0.29, 0.717) is 0 Å². The Morgan fingerprint density at radius 3 is 2.12 bits per heavy atom. The van der Waals surface area contributed by atoms with Gasteiger partial charge in [0.05, 0.1) is 13.2 Å². The SMILES string of the molecule is COc1ccc(COC(=O)[C@@H](NC(=O)[C@@H](N)C(C)C)C(C)C)cc1. The summed E-state index contributed by atoms with van der Waals surface area (Å²) >= 11 is 0. The summed E-state index contributed by atoms with van der Waals surface area (Å²) in [5.41, 5.74) is 6.67. The number of hydrogen-bond acceptors (Lipinski definition) is 5. The van der Waals surface area contributed by atoms with E-state index in [9.17, 15) is 9.59 Å². The van der Waals surface area contributed by atoms with Crippen LogP contribution in [0.1, 0.15) is 33.3 Å². The van der Waals surface area contributed by atoms with Crippen molar-refractivity contribution in [3.63, 3.8) is 0 Å². The molecular weight excluding hydrogens is 308 g/mol. The van der Waals surface area contributed by atoms with E-state index < -0.39 is 18.1 Å². The van der Waals surface area contributed by atoms with Crippen molar-refractivity contribution in [2.24, 2.45) is 17.6 Å². The number of rotatable bonds is 8. The van der Waals surface area contributed by atoms with Crippen LogP contribution in [-0.4, -0.2) is 31.1 Å². The van der Waals surface area contributed by atoms with E-state index in [-0.39, 0.29) is 24.3 Å². The van der Waals surface area contributed by atoms with E-state index in [1.54, 1.807) is 19.2 Å². The molecule has 1 amide bonds. The topological polar surface area (TPSA) is 90.6 Å². The molecule has 0 saturated heterocycles. The second-order valence-corrected chi connectivity index (χ2v) is 6.46. The fraction of sp³-hybridized carbons (Fsp3) is 0.556. The molecule has 1 aromatic rings. The molecule has 1 aromatic carbocycles. The van der Waals surface area contributed by atoms with Gasteiger partial charge in [-0.3, -0.25) is 4.79 Å². The highest BCUT2D eigenvalue weighted by Crippen LogP contribution is 2.13. The summed E-state index contributed by atoms with van der Waals surface area (Å²) < 4.78 is 10.4. The molecule has 0 heterocycles. The highest BCUT2D eigenvalue weighted by molar-refractivity contribution is 5.87. The Labute approximate surface area is 143 Å². The predicted molar refractivity (Wildman–Crippen MR) is 92.4 cm³/mol. The van der Waals surface area contributed by atoms with Crippen LogP contribution in [0.3, 0.4) is 0 Å². The molecule has 0 saturated carbocycles. The van der Waals surface area contributed by atoms with Crippen LogP contribution in [0.5, 0.6) is 5.75 Å².